The largest absolute Gasteiger partial charge is 0.337 e. The Balaban J connectivity index is 1.60. The zero-order valence-corrected chi connectivity index (χ0v) is 14.3. The molecule has 0 unspecified atom stereocenters. The Hall–Kier alpha value is -1.43. The van der Waals surface area contributed by atoms with Gasteiger partial charge in [-0.25, -0.2) is 0 Å². The lowest BCUT2D eigenvalue weighted by atomic mass is 9.92. The molecule has 1 aromatic rings. The first-order valence-electron chi connectivity index (χ1n) is 8.99. The predicted octanol–water partition coefficient (Wildman–Crippen LogP) is 2.55. The van der Waals surface area contributed by atoms with Crippen LogP contribution in [-0.4, -0.2) is 52.0 Å². The number of hydrogen-bond acceptors (Lipinski definition) is 5. The van der Waals surface area contributed by atoms with Crippen LogP contribution in [0.4, 0.5) is 0 Å². The monoisotopic (exact) mass is 320 g/mol. The second-order valence-electron chi connectivity index (χ2n) is 6.86. The summed E-state index contributed by atoms with van der Waals surface area (Å²) < 4.78 is 5.34. The Morgan fingerprint density at radius 3 is 2.65 bits per heavy atom. The Morgan fingerprint density at radius 1 is 1.22 bits per heavy atom. The molecule has 0 N–H and O–H groups in total. The number of rotatable bonds is 4. The molecule has 1 amide bonds. The van der Waals surface area contributed by atoms with Crippen LogP contribution in [0.3, 0.4) is 0 Å². The smallest absolute Gasteiger partial charge is 0.249 e. The molecular weight excluding hydrogens is 292 g/mol. The highest BCUT2D eigenvalue weighted by Crippen LogP contribution is 2.32. The van der Waals surface area contributed by atoms with Crippen molar-refractivity contribution in [1.29, 1.82) is 0 Å². The van der Waals surface area contributed by atoms with Crippen molar-refractivity contribution in [2.45, 2.75) is 58.4 Å². The third kappa shape index (κ3) is 3.91. The lowest BCUT2D eigenvalue weighted by Crippen LogP contribution is -2.41. The summed E-state index contributed by atoms with van der Waals surface area (Å²) in [6, 6.07) is -0.0202. The summed E-state index contributed by atoms with van der Waals surface area (Å²) in [4.78, 5) is 21.6. The van der Waals surface area contributed by atoms with E-state index in [4.69, 9.17) is 4.52 Å². The van der Waals surface area contributed by atoms with Gasteiger partial charge in [0.25, 0.3) is 0 Å². The first kappa shape index (κ1) is 16.4. The SMILES string of the molecule is CCN1CCC(CC(=O)N2CCCC[C@@H]2c2nc(C)no2)CC1. The topological polar surface area (TPSA) is 62.5 Å². The van der Waals surface area contributed by atoms with E-state index in [1.165, 1.54) is 0 Å². The van der Waals surface area contributed by atoms with Crippen molar-refractivity contribution in [3.05, 3.63) is 11.7 Å². The quantitative estimate of drug-likeness (QED) is 0.853. The molecule has 23 heavy (non-hydrogen) atoms. The van der Waals surface area contributed by atoms with Crippen molar-refractivity contribution in [3.8, 4) is 0 Å². The number of aromatic nitrogens is 2. The van der Waals surface area contributed by atoms with E-state index in [9.17, 15) is 4.79 Å². The van der Waals surface area contributed by atoms with Crippen LogP contribution in [-0.2, 0) is 4.79 Å². The van der Waals surface area contributed by atoms with Crippen LogP contribution in [0, 0.1) is 12.8 Å². The van der Waals surface area contributed by atoms with E-state index in [0.29, 0.717) is 24.1 Å². The van der Waals surface area contributed by atoms with Crippen molar-refractivity contribution in [1.82, 2.24) is 19.9 Å². The zero-order chi connectivity index (χ0) is 16.2. The number of hydrogen-bond donors (Lipinski definition) is 0. The van der Waals surface area contributed by atoms with E-state index in [1.54, 1.807) is 0 Å². The molecule has 1 atom stereocenters. The average molecular weight is 320 g/mol. The van der Waals surface area contributed by atoms with Crippen LogP contribution in [0.5, 0.6) is 0 Å². The van der Waals surface area contributed by atoms with Gasteiger partial charge in [-0.3, -0.25) is 4.79 Å². The number of amides is 1. The number of likely N-dealkylation sites (tertiary alicyclic amines) is 2. The summed E-state index contributed by atoms with van der Waals surface area (Å²) in [5, 5.41) is 3.89. The molecule has 6 nitrogen and oxygen atoms in total. The molecule has 6 heteroatoms. The van der Waals surface area contributed by atoms with Crippen LogP contribution >= 0.6 is 0 Å². The van der Waals surface area contributed by atoms with Crippen molar-refractivity contribution in [2.75, 3.05) is 26.2 Å². The summed E-state index contributed by atoms with van der Waals surface area (Å²) in [6.07, 6.45) is 6.06. The minimum atomic E-state index is -0.0202. The van der Waals surface area contributed by atoms with E-state index in [2.05, 4.69) is 22.0 Å². The van der Waals surface area contributed by atoms with Crippen LogP contribution < -0.4 is 0 Å². The van der Waals surface area contributed by atoms with Gasteiger partial charge in [-0.2, -0.15) is 4.98 Å². The Labute approximate surface area is 138 Å². The molecule has 2 saturated heterocycles. The average Bonchev–Trinajstić information content (AvgIpc) is 3.02. The van der Waals surface area contributed by atoms with Crippen molar-refractivity contribution < 1.29 is 9.32 Å². The molecule has 0 saturated carbocycles. The van der Waals surface area contributed by atoms with Gasteiger partial charge in [0, 0.05) is 13.0 Å². The number of piperidine rings is 2. The highest BCUT2D eigenvalue weighted by Gasteiger charge is 2.33. The third-order valence-electron chi connectivity index (χ3n) is 5.27. The summed E-state index contributed by atoms with van der Waals surface area (Å²) in [5.74, 6) is 2.04. The van der Waals surface area contributed by atoms with Gasteiger partial charge in [-0.05, 0) is 64.6 Å². The summed E-state index contributed by atoms with van der Waals surface area (Å²) in [7, 11) is 0. The van der Waals surface area contributed by atoms with Gasteiger partial charge >= 0.3 is 0 Å². The van der Waals surface area contributed by atoms with Gasteiger partial charge in [0.05, 0.1) is 0 Å². The lowest BCUT2D eigenvalue weighted by molar-refractivity contribution is -0.137. The second kappa shape index (κ2) is 7.43. The summed E-state index contributed by atoms with van der Waals surface area (Å²) >= 11 is 0. The van der Waals surface area contributed by atoms with Crippen molar-refractivity contribution in [3.63, 3.8) is 0 Å². The number of carbonyl (C=O) groups excluding carboxylic acids is 1. The highest BCUT2D eigenvalue weighted by atomic mass is 16.5. The van der Waals surface area contributed by atoms with Crippen LogP contribution in [0.25, 0.3) is 0 Å². The fraction of sp³-hybridized carbons (Fsp3) is 0.824. The van der Waals surface area contributed by atoms with Gasteiger partial charge in [0.1, 0.15) is 6.04 Å². The van der Waals surface area contributed by atoms with Crippen LogP contribution in [0.15, 0.2) is 4.52 Å². The van der Waals surface area contributed by atoms with E-state index < -0.39 is 0 Å². The maximum atomic E-state index is 12.8. The van der Waals surface area contributed by atoms with E-state index in [1.807, 2.05) is 11.8 Å². The molecule has 128 valence electrons. The van der Waals surface area contributed by atoms with Crippen LogP contribution in [0.1, 0.15) is 63.2 Å². The molecule has 3 rings (SSSR count). The Kier molecular flexibility index (Phi) is 5.30. The number of carbonyl (C=O) groups is 1. The summed E-state index contributed by atoms with van der Waals surface area (Å²) in [5.41, 5.74) is 0. The molecule has 0 bridgehead atoms. The lowest BCUT2D eigenvalue weighted by Gasteiger charge is -2.36. The maximum Gasteiger partial charge on any atom is 0.249 e. The number of aryl methyl sites for hydroxylation is 1. The first-order chi connectivity index (χ1) is 11.2. The molecule has 0 aliphatic carbocycles. The van der Waals surface area contributed by atoms with E-state index in [-0.39, 0.29) is 11.9 Å². The van der Waals surface area contributed by atoms with Crippen LogP contribution in [0.2, 0.25) is 0 Å². The van der Waals surface area contributed by atoms with E-state index in [0.717, 1.165) is 58.3 Å². The Bertz CT molecular complexity index is 522. The minimum Gasteiger partial charge on any atom is -0.337 e. The third-order valence-corrected chi connectivity index (χ3v) is 5.27. The molecule has 1 aromatic heterocycles. The minimum absolute atomic E-state index is 0.0202. The first-order valence-corrected chi connectivity index (χ1v) is 8.99. The molecule has 2 aliphatic rings. The van der Waals surface area contributed by atoms with E-state index >= 15 is 0 Å². The second-order valence-corrected chi connectivity index (χ2v) is 6.86. The molecule has 3 heterocycles. The zero-order valence-electron chi connectivity index (χ0n) is 14.3. The van der Waals surface area contributed by atoms with Crippen molar-refractivity contribution in [2.24, 2.45) is 5.92 Å². The summed E-state index contributed by atoms with van der Waals surface area (Å²) in [6.45, 7) is 8.21. The number of nitrogens with zero attached hydrogens (tertiary/aromatic N) is 4. The van der Waals surface area contributed by atoms with Gasteiger partial charge in [0.15, 0.2) is 5.82 Å². The molecule has 2 aliphatic heterocycles. The molecule has 0 spiro atoms. The van der Waals surface area contributed by atoms with Gasteiger partial charge in [-0.1, -0.05) is 12.1 Å². The molecular formula is C17H28N4O2. The predicted molar refractivity (Wildman–Crippen MR) is 86.8 cm³/mol. The van der Waals surface area contributed by atoms with Gasteiger partial charge in [0.2, 0.25) is 11.8 Å². The van der Waals surface area contributed by atoms with Gasteiger partial charge < -0.3 is 14.3 Å². The molecule has 0 radical (unpaired) electrons. The van der Waals surface area contributed by atoms with Gasteiger partial charge in [-0.15, -0.1) is 0 Å². The standard InChI is InChI=1S/C17H28N4O2/c1-3-20-10-7-14(8-11-20)12-16(22)21-9-5-4-6-15(21)17-18-13(2)19-23-17/h14-15H,3-12H2,1-2H3/t15-/m1/s1. The molecule has 2 fully saturated rings. The maximum absolute atomic E-state index is 12.8. The Morgan fingerprint density at radius 2 is 2.00 bits per heavy atom. The van der Waals surface area contributed by atoms with Crippen molar-refractivity contribution >= 4 is 5.91 Å². The highest BCUT2D eigenvalue weighted by molar-refractivity contribution is 5.77. The normalized spacial score (nSPS) is 24.1. The fourth-order valence-corrected chi connectivity index (χ4v) is 3.81. The fourth-order valence-electron chi connectivity index (χ4n) is 3.81. The molecule has 0 aromatic carbocycles.